The molecule has 0 aliphatic carbocycles. The van der Waals surface area contributed by atoms with Crippen molar-refractivity contribution >= 4 is 27.6 Å². The van der Waals surface area contributed by atoms with Crippen LogP contribution in [0.1, 0.15) is 18.4 Å². The third-order valence-corrected chi connectivity index (χ3v) is 7.48. The highest BCUT2D eigenvalue weighted by Crippen LogP contribution is 2.33. The summed E-state index contributed by atoms with van der Waals surface area (Å²) >= 11 is 0. The summed E-state index contributed by atoms with van der Waals surface area (Å²) in [6.07, 6.45) is 5.65. The molecule has 154 valence electrons. The van der Waals surface area contributed by atoms with Gasteiger partial charge in [-0.1, -0.05) is 0 Å². The number of piperidine rings is 1. The number of nitrogens with zero attached hydrogens (tertiary/aromatic N) is 5. The molecule has 0 bridgehead atoms. The third kappa shape index (κ3) is 3.72. The fourth-order valence-corrected chi connectivity index (χ4v) is 4.93. The zero-order valence-corrected chi connectivity index (χ0v) is 17.5. The molecule has 2 aliphatic rings. The van der Waals surface area contributed by atoms with Gasteiger partial charge in [-0.3, -0.25) is 4.79 Å². The van der Waals surface area contributed by atoms with Crippen LogP contribution in [0.25, 0.3) is 0 Å². The fraction of sp³-hybridized carbons (Fsp3) is 0.450. The first-order valence-corrected chi connectivity index (χ1v) is 11.2. The van der Waals surface area contributed by atoms with Crippen molar-refractivity contribution in [1.82, 2.24) is 14.3 Å². The van der Waals surface area contributed by atoms with Gasteiger partial charge in [0.2, 0.25) is 21.9 Å². The Morgan fingerprint density at radius 2 is 1.79 bits per heavy atom. The van der Waals surface area contributed by atoms with E-state index in [1.54, 1.807) is 36.7 Å². The molecular formula is C20H25N5O3S. The second-order valence-electron chi connectivity index (χ2n) is 7.63. The molecule has 4 rings (SSSR count). The predicted octanol–water partition coefficient (Wildman–Crippen LogP) is 1.53. The number of aromatic nitrogens is 2. The van der Waals surface area contributed by atoms with Crippen LogP contribution in [0.3, 0.4) is 0 Å². The Balaban J connectivity index is 1.46. The van der Waals surface area contributed by atoms with Crippen molar-refractivity contribution in [3.05, 3.63) is 42.2 Å². The van der Waals surface area contributed by atoms with Gasteiger partial charge in [0.25, 0.3) is 0 Å². The zero-order valence-electron chi connectivity index (χ0n) is 16.7. The van der Waals surface area contributed by atoms with E-state index in [1.165, 1.54) is 18.4 Å². The lowest BCUT2D eigenvalue weighted by molar-refractivity contribution is -0.122. The maximum atomic E-state index is 13.1. The van der Waals surface area contributed by atoms with Crippen molar-refractivity contribution in [2.75, 3.05) is 43.5 Å². The van der Waals surface area contributed by atoms with E-state index in [0.717, 1.165) is 37.2 Å². The molecule has 8 nitrogen and oxygen atoms in total. The third-order valence-electron chi connectivity index (χ3n) is 5.67. The summed E-state index contributed by atoms with van der Waals surface area (Å²) in [6.45, 7) is 2.10. The van der Waals surface area contributed by atoms with Crippen LogP contribution in [0.4, 0.5) is 11.6 Å². The summed E-state index contributed by atoms with van der Waals surface area (Å²) in [6, 6.07) is 6.85. The van der Waals surface area contributed by atoms with E-state index in [-0.39, 0.29) is 16.7 Å². The minimum Gasteiger partial charge on any atom is -0.341 e. The van der Waals surface area contributed by atoms with Crippen molar-refractivity contribution in [2.24, 2.45) is 5.92 Å². The summed E-state index contributed by atoms with van der Waals surface area (Å²) in [4.78, 5) is 25.9. The van der Waals surface area contributed by atoms with Gasteiger partial charge in [0, 0.05) is 57.7 Å². The molecule has 0 unspecified atom stereocenters. The number of carbonyl (C=O) groups is 1. The Hall–Kier alpha value is -2.52. The highest BCUT2D eigenvalue weighted by atomic mass is 32.2. The maximum Gasteiger partial charge on any atom is 0.242 e. The van der Waals surface area contributed by atoms with Crippen LogP contribution in [0.2, 0.25) is 0 Å². The Bertz CT molecular complexity index is 1000. The van der Waals surface area contributed by atoms with E-state index in [0.29, 0.717) is 18.9 Å². The van der Waals surface area contributed by atoms with Gasteiger partial charge in [-0.25, -0.2) is 22.7 Å². The summed E-state index contributed by atoms with van der Waals surface area (Å²) < 4.78 is 26.0. The van der Waals surface area contributed by atoms with Gasteiger partial charge in [0.05, 0.1) is 4.90 Å². The molecule has 1 saturated heterocycles. The van der Waals surface area contributed by atoms with Crippen LogP contribution in [0.15, 0.2) is 41.6 Å². The minimum atomic E-state index is -3.48. The first-order chi connectivity index (χ1) is 13.9. The van der Waals surface area contributed by atoms with E-state index < -0.39 is 10.0 Å². The van der Waals surface area contributed by atoms with Crippen molar-refractivity contribution < 1.29 is 13.2 Å². The Morgan fingerprint density at radius 3 is 2.45 bits per heavy atom. The number of anilines is 2. The number of amides is 1. The molecule has 2 aliphatic heterocycles. The van der Waals surface area contributed by atoms with E-state index in [4.69, 9.17) is 0 Å². The molecule has 1 fully saturated rings. The fourth-order valence-electron chi connectivity index (χ4n) is 3.98. The molecule has 1 aromatic carbocycles. The van der Waals surface area contributed by atoms with Crippen LogP contribution >= 0.6 is 0 Å². The molecular weight excluding hydrogens is 390 g/mol. The SMILES string of the molecule is CN(C)S(=O)(=O)c1ccc2c(c1)CCN2C(=O)C1CCN(c2ncccn2)CC1. The number of carbonyl (C=O) groups excluding carboxylic acids is 1. The number of benzene rings is 1. The normalized spacial score (nSPS) is 17.6. The van der Waals surface area contributed by atoms with Crippen molar-refractivity contribution in [3.63, 3.8) is 0 Å². The number of sulfonamides is 1. The predicted molar refractivity (Wildman–Crippen MR) is 110 cm³/mol. The molecule has 0 N–H and O–H groups in total. The van der Waals surface area contributed by atoms with Gasteiger partial charge in [-0.05, 0) is 49.1 Å². The van der Waals surface area contributed by atoms with Gasteiger partial charge < -0.3 is 9.80 Å². The lowest BCUT2D eigenvalue weighted by Crippen LogP contribution is -2.42. The largest absolute Gasteiger partial charge is 0.341 e. The number of hydrogen-bond acceptors (Lipinski definition) is 6. The number of hydrogen-bond donors (Lipinski definition) is 0. The molecule has 0 saturated carbocycles. The first-order valence-electron chi connectivity index (χ1n) is 9.77. The second kappa shape index (κ2) is 7.72. The van der Waals surface area contributed by atoms with Crippen LogP contribution in [0, 0.1) is 5.92 Å². The smallest absolute Gasteiger partial charge is 0.242 e. The molecule has 2 aromatic rings. The number of rotatable bonds is 4. The molecule has 29 heavy (non-hydrogen) atoms. The van der Waals surface area contributed by atoms with Crippen molar-refractivity contribution in [1.29, 1.82) is 0 Å². The Labute approximate surface area is 171 Å². The van der Waals surface area contributed by atoms with E-state index in [2.05, 4.69) is 14.9 Å². The monoisotopic (exact) mass is 415 g/mol. The van der Waals surface area contributed by atoms with Gasteiger partial charge in [-0.2, -0.15) is 0 Å². The molecule has 0 spiro atoms. The summed E-state index contributed by atoms with van der Waals surface area (Å²) in [7, 11) is -0.438. The van der Waals surface area contributed by atoms with Crippen LogP contribution in [0.5, 0.6) is 0 Å². The lowest BCUT2D eigenvalue weighted by Gasteiger charge is -2.33. The first kappa shape index (κ1) is 19.8. The molecule has 1 aromatic heterocycles. The van der Waals surface area contributed by atoms with E-state index in [1.807, 2.05) is 4.90 Å². The van der Waals surface area contributed by atoms with Gasteiger partial charge in [-0.15, -0.1) is 0 Å². The molecule has 0 radical (unpaired) electrons. The molecule has 1 amide bonds. The Morgan fingerprint density at radius 1 is 1.10 bits per heavy atom. The standard InChI is InChI=1S/C20H25N5O3S/c1-23(2)29(27,28)17-4-5-18-16(14-17)8-13-25(18)19(26)15-6-11-24(12-7-15)20-21-9-3-10-22-20/h3-5,9-10,14-15H,6-8,11-13H2,1-2H3. The molecule has 3 heterocycles. The van der Waals surface area contributed by atoms with E-state index in [9.17, 15) is 13.2 Å². The highest BCUT2D eigenvalue weighted by molar-refractivity contribution is 7.89. The quantitative estimate of drug-likeness (QED) is 0.753. The summed E-state index contributed by atoms with van der Waals surface area (Å²) in [5.41, 5.74) is 1.75. The minimum absolute atomic E-state index is 0.0360. The lowest BCUT2D eigenvalue weighted by atomic mass is 9.95. The van der Waals surface area contributed by atoms with Crippen molar-refractivity contribution in [3.8, 4) is 0 Å². The zero-order chi connectivity index (χ0) is 20.6. The van der Waals surface area contributed by atoms with Gasteiger partial charge in [0.1, 0.15) is 0 Å². The average Bonchev–Trinajstić information content (AvgIpc) is 3.17. The highest BCUT2D eigenvalue weighted by Gasteiger charge is 2.33. The second-order valence-corrected chi connectivity index (χ2v) is 9.78. The molecule has 9 heteroatoms. The molecule has 0 atom stereocenters. The maximum absolute atomic E-state index is 13.1. The van der Waals surface area contributed by atoms with Crippen LogP contribution < -0.4 is 9.80 Å². The number of fused-ring (bicyclic) bond motifs is 1. The average molecular weight is 416 g/mol. The van der Waals surface area contributed by atoms with Gasteiger partial charge in [0.15, 0.2) is 0 Å². The Kier molecular flexibility index (Phi) is 5.26. The van der Waals surface area contributed by atoms with Gasteiger partial charge >= 0.3 is 0 Å². The topological polar surface area (TPSA) is 86.7 Å². The summed E-state index contributed by atoms with van der Waals surface area (Å²) in [5, 5.41) is 0. The van der Waals surface area contributed by atoms with Crippen LogP contribution in [-0.2, 0) is 21.2 Å². The summed E-state index contributed by atoms with van der Waals surface area (Å²) in [5.74, 6) is 0.797. The van der Waals surface area contributed by atoms with Crippen molar-refractivity contribution in [2.45, 2.75) is 24.2 Å². The van der Waals surface area contributed by atoms with E-state index >= 15 is 0 Å². The van der Waals surface area contributed by atoms with Crippen LogP contribution in [-0.4, -0.2) is 62.3 Å².